The highest BCUT2D eigenvalue weighted by atomic mass is 15.4. The van der Waals surface area contributed by atoms with Gasteiger partial charge in [0.2, 0.25) is 0 Å². The van der Waals surface area contributed by atoms with Crippen molar-refractivity contribution in [2.24, 2.45) is 0 Å². The van der Waals surface area contributed by atoms with E-state index in [-0.39, 0.29) is 0 Å². The summed E-state index contributed by atoms with van der Waals surface area (Å²) >= 11 is 0. The summed E-state index contributed by atoms with van der Waals surface area (Å²) in [6.45, 7) is 6.34. The number of anilines is 1. The molecule has 0 aromatic carbocycles. The van der Waals surface area contributed by atoms with E-state index in [4.69, 9.17) is 0 Å². The van der Waals surface area contributed by atoms with E-state index in [2.05, 4.69) is 47.9 Å². The van der Waals surface area contributed by atoms with E-state index >= 15 is 0 Å². The molecule has 0 aliphatic carbocycles. The summed E-state index contributed by atoms with van der Waals surface area (Å²) in [4.78, 5) is 2.18. The quantitative estimate of drug-likeness (QED) is 0.792. The van der Waals surface area contributed by atoms with E-state index in [1.165, 1.54) is 17.1 Å². The molecule has 0 fully saturated rings. The Hall–Kier alpha value is -1.03. The van der Waals surface area contributed by atoms with Crippen LogP contribution in [0.2, 0.25) is 0 Å². The van der Waals surface area contributed by atoms with Crippen LogP contribution in [0.15, 0.2) is 0 Å². The lowest BCUT2D eigenvalue weighted by Crippen LogP contribution is -2.24. The second kappa shape index (κ2) is 3.85. The fourth-order valence-electron chi connectivity index (χ4n) is 2.16. The molecule has 0 unspecified atom stereocenters. The van der Waals surface area contributed by atoms with Crippen LogP contribution < -0.4 is 10.2 Å². The van der Waals surface area contributed by atoms with Gasteiger partial charge in [0.05, 0.1) is 5.69 Å². The van der Waals surface area contributed by atoms with Gasteiger partial charge in [0.15, 0.2) is 0 Å². The van der Waals surface area contributed by atoms with E-state index < -0.39 is 0 Å². The zero-order valence-corrected chi connectivity index (χ0v) is 10.0. The third-order valence-electron chi connectivity index (χ3n) is 2.82. The molecule has 0 radical (unpaired) electrons. The van der Waals surface area contributed by atoms with Gasteiger partial charge in [-0.2, -0.15) is 5.10 Å². The zero-order valence-electron chi connectivity index (χ0n) is 10.0. The van der Waals surface area contributed by atoms with Crippen LogP contribution in [0.4, 0.5) is 5.82 Å². The first-order chi connectivity index (χ1) is 7.11. The number of nitrogens with one attached hydrogen (secondary N) is 1. The summed E-state index contributed by atoms with van der Waals surface area (Å²) in [6.07, 6.45) is 1.09. The molecule has 4 heteroatoms. The van der Waals surface area contributed by atoms with Crippen LogP contribution in [-0.4, -0.2) is 30.4 Å². The topological polar surface area (TPSA) is 33.1 Å². The van der Waals surface area contributed by atoms with Crippen molar-refractivity contribution < 1.29 is 0 Å². The molecule has 15 heavy (non-hydrogen) atoms. The van der Waals surface area contributed by atoms with Crippen molar-refractivity contribution in [3.05, 3.63) is 11.3 Å². The van der Waals surface area contributed by atoms with Crippen LogP contribution >= 0.6 is 0 Å². The minimum Gasteiger partial charge on any atom is -0.363 e. The van der Waals surface area contributed by atoms with Crippen LogP contribution in [0.25, 0.3) is 0 Å². The molecule has 0 bridgehead atoms. The van der Waals surface area contributed by atoms with Crippen molar-refractivity contribution in [3.63, 3.8) is 0 Å². The highest BCUT2D eigenvalue weighted by molar-refractivity contribution is 5.50. The maximum atomic E-state index is 4.68. The van der Waals surface area contributed by atoms with Crippen molar-refractivity contribution >= 4 is 5.82 Å². The third-order valence-corrected chi connectivity index (χ3v) is 2.82. The van der Waals surface area contributed by atoms with Gasteiger partial charge in [-0.25, -0.2) is 4.68 Å². The highest BCUT2D eigenvalue weighted by Crippen LogP contribution is 2.27. The molecule has 1 aliphatic heterocycles. The highest BCUT2D eigenvalue weighted by Gasteiger charge is 2.22. The molecule has 1 aromatic heterocycles. The molecule has 4 nitrogen and oxygen atoms in total. The average Bonchev–Trinajstić information content (AvgIpc) is 2.56. The van der Waals surface area contributed by atoms with Gasteiger partial charge in [-0.15, -0.1) is 0 Å². The van der Waals surface area contributed by atoms with Gasteiger partial charge in [0, 0.05) is 32.2 Å². The number of nitrogens with zero attached hydrogens (tertiary/aromatic N) is 3. The molecular weight excluding hydrogens is 188 g/mol. The Morgan fingerprint density at radius 3 is 2.73 bits per heavy atom. The summed E-state index contributed by atoms with van der Waals surface area (Å²) in [7, 11) is 4.19. The number of fused-ring (bicyclic) bond motifs is 1. The molecule has 0 amide bonds. The minimum absolute atomic E-state index is 0.424. The predicted molar refractivity (Wildman–Crippen MR) is 62.3 cm³/mol. The van der Waals surface area contributed by atoms with E-state index in [0.717, 1.165) is 19.5 Å². The second-order valence-electron chi connectivity index (χ2n) is 4.61. The first-order valence-corrected chi connectivity index (χ1v) is 5.59. The Balaban J connectivity index is 2.51. The van der Waals surface area contributed by atoms with Crippen LogP contribution in [-0.2, 0) is 13.0 Å². The van der Waals surface area contributed by atoms with Gasteiger partial charge in [0.1, 0.15) is 5.82 Å². The zero-order chi connectivity index (χ0) is 11.0. The van der Waals surface area contributed by atoms with Crippen molar-refractivity contribution in [1.29, 1.82) is 0 Å². The number of hydrogen-bond acceptors (Lipinski definition) is 3. The molecule has 1 aromatic rings. The SMILES string of the molecule is CC(C)n1nc2c(c1N(C)C)CCNC2. The van der Waals surface area contributed by atoms with Gasteiger partial charge in [-0.1, -0.05) is 0 Å². The van der Waals surface area contributed by atoms with Crippen molar-refractivity contribution in [3.8, 4) is 0 Å². The molecule has 0 spiro atoms. The molecule has 0 saturated heterocycles. The fraction of sp³-hybridized carbons (Fsp3) is 0.727. The fourth-order valence-corrected chi connectivity index (χ4v) is 2.16. The first kappa shape index (κ1) is 10.5. The van der Waals surface area contributed by atoms with E-state index in [1.807, 2.05) is 0 Å². The Kier molecular flexibility index (Phi) is 2.69. The summed E-state index contributed by atoms with van der Waals surface area (Å²) in [5.41, 5.74) is 2.64. The molecule has 1 N–H and O–H groups in total. The summed E-state index contributed by atoms with van der Waals surface area (Å²) in [5, 5.41) is 8.05. The van der Waals surface area contributed by atoms with Gasteiger partial charge in [-0.3, -0.25) is 0 Å². The summed E-state index contributed by atoms with van der Waals surface area (Å²) in [5.74, 6) is 1.28. The van der Waals surface area contributed by atoms with Gasteiger partial charge < -0.3 is 10.2 Å². The van der Waals surface area contributed by atoms with Crippen LogP contribution in [0.3, 0.4) is 0 Å². The summed E-state index contributed by atoms with van der Waals surface area (Å²) in [6, 6.07) is 0.424. The maximum absolute atomic E-state index is 4.68. The lowest BCUT2D eigenvalue weighted by Gasteiger charge is -2.20. The van der Waals surface area contributed by atoms with Crippen LogP contribution in [0.1, 0.15) is 31.1 Å². The molecule has 1 aliphatic rings. The molecule has 0 saturated carbocycles. The number of hydrogen-bond donors (Lipinski definition) is 1. The number of aromatic nitrogens is 2. The maximum Gasteiger partial charge on any atom is 0.130 e. The summed E-state index contributed by atoms with van der Waals surface area (Å²) < 4.78 is 2.14. The van der Waals surface area contributed by atoms with Crippen LogP contribution in [0, 0.1) is 0 Å². The first-order valence-electron chi connectivity index (χ1n) is 5.59. The molecule has 84 valence electrons. The Morgan fingerprint density at radius 1 is 1.40 bits per heavy atom. The minimum atomic E-state index is 0.424. The lowest BCUT2D eigenvalue weighted by atomic mass is 10.1. The Labute approximate surface area is 91.3 Å². The third kappa shape index (κ3) is 1.74. The monoisotopic (exact) mass is 208 g/mol. The van der Waals surface area contributed by atoms with Gasteiger partial charge >= 0.3 is 0 Å². The standard InChI is InChI=1S/C11H20N4/c1-8(2)15-11(14(3)4)9-5-6-12-7-10(9)13-15/h8,12H,5-7H2,1-4H3. The van der Waals surface area contributed by atoms with Crippen molar-refractivity contribution in [1.82, 2.24) is 15.1 Å². The van der Waals surface area contributed by atoms with E-state index in [9.17, 15) is 0 Å². The Morgan fingerprint density at radius 2 is 2.13 bits per heavy atom. The Bertz CT molecular complexity index is 352. The molecule has 2 rings (SSSR count). The van der Waals surface area contributed by atoms with E-state index in [1.54, 1.807) is 0 Å². The molecular formula is C11H20N4. The normalized spacial score (nSPS) is 15.5. The van der Waals surface area contributed by atoms with Crippen molar-refractivity contribution in [2.45, 2.75) is 32.9 Å². The van der Waals surface area contributed by atoms with Gasteiger partial charge in [0.25, 0.3) is 0 Å². The van der Waals surface area contributed by atoms with E-state index in [0.29, 0.717) is 6.04 Å². The second-order valence-corrected chi connectivity index (χ2v) is 4.61. The largest absolute Gasteiger partial charge is 0.363 e. The van der Waals surface area contributed by atoms with Crippen LogP contribution in [0.5, 0.6) is 0 Å². The predicted octanol–water partition coefficient (Wildman–Crippen LogP) is 1.18. The molecule has 0 atom stereocenters. The number of rotatable bonds is 2. The molecule has 2 heterocycles. The lowest BCUT2D eigenvalue weighted by molar-refractivity contribution is 0.522. The average molecular weight is 208 g/mol. The van der Waals surface area contributed by atoms with Gasteiger partial charge in [-0.05, 0) is 26.8 Å². The van der Waals surface area contributed by atoms with Crippen molar-refractivity contribution in [2.75, 3.05) is 25.5 Å². The smallest absolute Gasteiger partial charge is 0.130 e.